The van der Waals surface area contributed by atoms with Crippen LogP contribution in [0.2, 0.25) is 0 Å². The molecule has 1 unspecified atom stereocenters. The summed E-state index contributed by atoms with van der Waals surface area (Å²) in [7, 11) is 2.00. The molecule has 0 saturated heterocycles. The second kappa shape index (κ2) is 5.80. The van der Waals surface area contributed by atoms with E-state index in [9.17, 15) is 0 Å². The summed E-state index contributed by atoms with van der Waals surface area (Å²) in [6, 6.07) is 11.3. The van der Waals surface area contributed by atoms with Crippen molar-refractivity contribution in [1.29, 1.82) is 0 Å². The Morgan fingerprint density at radius 2 is 1.94 bits per heavy atom. The molecule has 1 nitrogen and oxygen atoms in total. The molecule has 0 aliphatic rings. The summed E-state index contributed by atoms with van der Waals surface area (Å²) in [6.45, 7) is 2.18. The number of benzene rings is 1. The van der Waals surface area contributed by atoms with Crippen LogP contribution in [0.1, 0.15) is 29.7 Å². The standard InChI is InChI=1S/C14H16BrNS/c1-3-10-4-6-11(7-5-10)14(16-2)12-8-13(15)17-9-12/h4-9,14,16H,3H2,1-2H3. The van der Waals surface area contributed by atoms with Gasteiger partial charge in [0.25, 0.3) is 0 Å². The molecule has 0 amide bonds. The minimum absolute atomic E-state index is 0.281. The molecule has 0 spiro atoms. The topological polar surface area (TPSA) is 12.0 Å². The van der Waals surface area contributed by atoms with Crippen LogP contribution < -0.4 is 5.32 Å². The van der Waals surface area contributed by atoms with Gasteiger partial charge in [-0.05, 0) is 57.5 Å². The lowest BCUT2D eigenvalue weighted by Gasteiger charge is -2.15. The highest BCUT2D eigenvalue weighted by Crippen LogP contribution is 2.29. The van der Waals surface area contributed by atoms with E-state index in [0.717, 1.165) is 6.42 Å². The van der Waals surface area contributed by atoms with Gasteiger partial charge in [0.05, 0.1) is 9.83 Å². The highest BCUT2D eigenvalue weighted by Gasteiger charge is 2.13. The molecule has 0 radical (unpaired) electrons. The van der Waals surface area contributed by atoms with Crippen LogP contribution >= 0.6 is 27.3 Å². The average molecular weight is 310 g/mol. The molecule has 1 aromatic heterocycles. The van der Waals surface area contributed by atoms with E-state index < -0.39 is 0 Å². The first kappa shape index (κ1) is 12.8. The van der Waals surface area contributed by atoms with Gasteiger partial charge in [0.1, 0.15) is 0 Å². The van der Waals surface area contributed by atoms with E-state index in [2.05, 4.69) is 63.9 Å². The van der Waals surface area contributed by atoms with Gasteiger partial charge < -0.3 is 5.32 Å². The summed E-state index contributed by atoms with van der Waals surface area (Å²) in [4.78, 5) is 0. The lowest BCUT2D eigenvalue weighted by molar-refractivity contribution is 0.694. The third-order valence-electron chi connectivity index (χ3n) is 2.93. The molecular weight excluding hydrogens is 294 g/mol. The van der Waals surface area contributed by atoms with Gasteiger partial charge in [-0.1, -0.05) is 31.2 Å². The predicted molar refractivity (Wildman–Crippen MR) is 78.7 cm³/mol. The molecule has 2 aromatic rings. The maximum atomic E-state index is 3.52. The zero-order valence-corrected chi connectivity index (χ0v) is 12.4. The Morgan fingerprint density at radius 1 is 1.24 bits per heavy atom. The highest BCUT2D eigenvalue weighted by molar-refractivity contribution is 9.11. The lowest BCUT2D eigenvalue weighted by Crippen LogP contribution is -2.16. The smallest absolute Gasteiger partial charge is 0.0701 e. The van der Waals surface area contributed by atoms with Gasteiger partial charge >= 0.3 is 0 Å². The minimum atomic E-state index is 0.281. The zero-order chi connectivity index (χ0) is 12.3. The van der Waals surface area contributed by atoms with Gasteiger partial charge in [-0.3, -0.25) is 0 Å². The van der Waals surface area contributed by atoms with Crippen molar-refractivity contribution < 1.29 is 0 Å². The predicted octanol–water partition coefficient (Wildman–Crippen LogP) is 4.38. The molecule has 1 N–H and O–H groups in total. The van der Waals surface area contributed by atoms with Gasteiger partial charge in [0, 0.05) is 0 Å². The second-order valence-electron chi connectivity index (χ2n) is 4.00. The number of aryl methyl sites for hydroxylation is 1. The molecular formula is C14H16BrNS. The number of thiophene rings is 1. The SMILES string of the molecule is CCc1ccc(C(NC)c2csc(Br)c2)cc1. The van der Waals surface area contributed by atoms with Gasteiger partial charge in [-0.25, -0.2) is 0 Å². The van der Waals surface area contributed by atoms with Crippen LogP contribution in [0.25, 0.3) is 0 Å². The van der Waals surface area contributed by atoms with Crippen LogP contribution in [0.3, 0.4) is 0 Å². The Balaban J connectivity index is 2.28. The molecule has 2 rings (SSSR count). The van der Waals surface area contributed by atoms with Crippen LogP contribution in [-0.4, -0.2) is 7.05 Å². The van der Waals surface area contributed by atoms with Crippen molar-refractivity contribution in [3.63, 3.8) is 0 Å². The molecule has 17 heavy (non-hydrogen) atoms. The molecule has 1 heterocycles. The molecule has 0 saturated carbocycles. The summed E-state index contributed by atoms with van der Waals surface area (Å²) < 4.78 is 1.18. The van der Waals surface area contributed by atoms with E-state index in [-0.39, 0.29) is 6.04 Å². The fraction of sp³-hybridized carbons (Fsp3) is 0.286. The number of hydrogen-bond donors (Lipinski definition) is 1. The van der Waals surface area contributed by atoms with E-state index in [4.69, 9.17) is 0 Å². The number of rotatable bonds is 4. The molecule has 1 atom stereocenters. The van der Waals surface area contributed by atoms with Crippen LogP contribution in [0.5, 0.6) is 0 Å². The minimum Gasteiger partial charge on any atom is -0.309 e. The normalized spacial score (nSPS) is 12.6. The van der Waals surface area contributed by atoms with Crippen molar-refractivity contribution in [3.8, 4) is 0 Å². The van der Waals surface area contributed by atoms with Crippen molar-refractivity contribution in [2.45, 2.75) is 19.4 Å². The van der Waals surface area contributed by atoms with E-state index in [1.165, 1.54) is 20.5 Å². The van der Waals surface area contributed by atoms with E-state index in [1.807, 2.05) is 7.05 Å². The summed E-state index contributed by atoms with van der Waals surface area (Å²) >= 11 is 5.24. The summed E-state index contributed by atoms with van der Waals surface area (Å²) in [5, 5.41) is 5.56. The molecule has 0 fully saturated rings. The molecule has 0 aliphatic carbocycles. The first-order valence-corrected chi connectivity index (χ1v) is 7.42. The quantitative estimate of drug-likeness (QED) is 0.883. The Morgan fingerprint density at radius 3 is 2.41 bits per heavy atom. The Labute approximate surface area is 115 Å². The first-order valence-electron chi connectivity index (χ1n) is 5.74. The van der Waals surface area contributed by atoms with Crippen molar-refractivity contribution in [3.05, 3.63) is 56.2 Å². The maximum absolute atomic E-state index is 3.52. The number of hydrogen-bond acceptors (Lipinski definition) is 2. The van der Waals surface area contributed by atoms with Crippen molar-refractivity contribution in [2.24, 2.45) is 0 Å². The van der Waals surface area contributed by atoms with Gasteiger partial charge in [-0.2, -0.15) is 0 Å². The average Bonchev–Trinajstić information content (AvgIpc) is 2.78. The summed E-state index contributed by atoms with van der Waals surface area (Å²) in [6.07, 6.45) is 1.09. The second-order valence-corrected chi connectivity index (χ2v) is 6.29. The lowest BCUT2D eigenvalue weighted by atomic mass is 10.00. The highest BCUT2D eigenvalue weighted by atomic mass is 79.9. The number of nitrogens with one attached hydrogen (secondary N) is 1. The van der Waals surface area contributed by atoms with Crippen LogP contribution in [-0.2, 0) is 6.42 Å². The number of halogens is 1. The zero-order valence-electron chi connectivity index (χ0n) is 10.0. The third-order valence-corrected chi connectivity index (χ3v) is 4.45. The van der Waals surface area contributed by atoms with E-state index in [0.29, 0.717) is 0 Å². The van der Waals surface area contributed by atoms with Gasteiger partial charge in [0.2, 0.25) is 0 Å². The van der Waals surface area contributed by atoms with E-state index >= 15 is 0 Å². The van der Waals surface area contributed by atoms with Crippen LogP contribution in [0.4, 0.5) is 0 Å². The fourth-order valence-corrected chi connectivity index (χ4v) is 3.15. The Kier molecular flexibility index (Phi) is 4.37. The van der Waals surface area contributed by atoms with E-state index in [1.54, 1.807) is 11.3 Å². The molecule has 0 aliphatic heterocycles. The van der Waals surface area contributed by atoms with Crippen molar-refractivity contribution >= 4 is 27.3 Å². The fourth-order valence-electron chi connectivity index (χ4n) is 1.95. The molecule has 1 aromatic carbocycles. The first-order chi connectivity index (χ1) is 8.24. The summed E-state index contributed by atoms with van der Waals surface area (Å²) in [5.74, 6) is 0. The largest absolute Gasteiger partial charge is 0.309 e. The molecule has 90 valence electrons. The maximum Gasteiger partial charge on any atom is 0.0701 e. The molecule has 0 bridgehead atoms. The molecule has 3 heteroatoms. The third kappa shape index (κ3) is 2.97. The van der Waals surface area contributed by atoms with Crippen LogP contribution in [0.15, 0.2) is 39.5 Å². The van der Waals surface area contributed by atoms with Crippen LogP contribution in [0, 0.1) is 0 Å². The van der Waals surface area contributed by atoms with Gasteiger partial charge in [-0.15, -0.1) is 11.3 Å². The van der Waals surface area contributed by atoms with Crippen molar-refractivity contribution in [2.75, 3.05) is 7.05 Å². The van der Waals surface area contributed by atoms with Crippen molar-refractivity contribution in [1.82, 2.24) is 5.32 Å². The Hall–Kier alpha value is -0.640. The monoisotopic (exact) mass is 309 g/mol. The Bertz CT molecular complexity index is 475. The summed E-state index contributed by atoms with van der Waals surface area (Å²) in [5.41, 5.74) is 4.01. The van der Waals surface area contributed by atoms with Gasteiger partial charge in [0.15, 0.2) is 0 Å².